The minimum Gasteiger partial charge on any atom is -0.468 e. The number of hydrogen-bond acceptors (Lipinski definition) is 5. The highest BCUT2D eigenvalue weighted by atomic mass is 32.2. The molecule has 2 unspecified atom stereocenters. The summed E-state index contributed by atoms with van der Waals surface area (Å²) in [5.41, 5.74) is -0.470. The fraction of sp³-hybridized carbons (Fsp3) is 0.929. The number of methoxy groups -OCH3 is 2. The maximum Gasteiger partial charge on any atom is 0.326 e. The van der Waals surface area contributed by atoms with E-state index in [1.807, 2.05) is 11.8 Å². The summed E-state index contributed by atoms with van der Waals surface area (Å²) in [6.07, 6.45) is 3.89. The highest BCUT2D eigenvalue weighted by Gasteiger charge is 2.46. The van der Waals surface area contributed by atoms with Crippen LogP contribution in [0.2, 0.25) is 0 Å². The van der Waals surface area contributed by atoms with E-state index in [9.17, 15) is 4.79 Å². The van der Waals surface area contributed by atoms with Gasteiger partial charge in [-0.15, -0.1) is 0 Å². The van der Waals surface area contributed by atoms with Gasteiger partial charge in [-0.25, -0.2) is 0 Å². The summed E-state index contributed by atoms with van der Waals surface area (Å²) >= 11 is 1.95. The highest BCUT2D eigenvalue weighted by Crippen LogP contribution is 2.38. The summed E-state index contributed by atoms with van der Waals surface area (Å²) in [5.74, 6) is 0.985. The minimum atomic E-state index is -0.470. The fourth-order valence-corrected chi connectivity index (χ4v) is 4.02. The van der Waals surface area contributed by atoms with Crippen LogP contribution in [0.1, 0.15) is 39.5 Å². The largest absolute Gasteiger partial charge is 0.468 e. The average molecular weight is 289 g/mol. The van der Waals surface area contributed by atoms with Crippen molar-refractivity contribution in [2.45, 2.75) is 56.4 Å². The van der Waals surface area contributed by atoms with Gasteiger partial charge in [0.25, 0.3) is 0 Å². The van der Waals surface area contributed by atoms with Crippen molar-refractivity contribution in [3.05, 3.63) is 0 Å². The molecule has 0 aromatic carbocycles. The Morgan fingerprint density at radius 3 is 2.79 bits per heavy atom. The second-order valence-electron chi connectivity index (χ2n) is 5.45. The van der Waals surface area contributed by atoms with E-state index in [-0.39, 0.29) is 12.0 Å². The summed E-state index contributed by atoms with van der Waals surface area (Å²) in [7, 11) is 3.21. The number of ether oxygens (including phenoxy) is 2. The molecule has 1 N–H and O–H groups in total. The van der Waals surface area contributed by atoms with Gasteiger partial charge in [0, 0.05) is 25.0 Å². The molecule has 19 heavy (non-hydrogen) atoms. The summed E-state index contributed by atoms with van der Waals surface area (Å²) in [6, 6.07) is 0.288. The second kappa shape index (κ2) is 8.12. The number of carbonyl (C=O) groups is 1. The highest BCUT2D eigenvalue weighted by molar-refractivity contribution is 7.99. The predicted octanol–water partition coefficient (Wildman–Crippen LogP) is 2.22. The number of carbonyl (C=O) groups excluding carboxylic acids is 1. The van der Waals surface area contributed by atoms with Gasteiger partial charge in [0.1, 0.15) is 5.54 Å². The van der Waals surface area contributed by atoms with Crippen molar-refractivity contribution in [2.75, 3.05) is 26.6 Å². The van der Waals surface area contributed by atoms with Gasteiger partial charge in [-0.3, -0.25) is 10.1 Å². The molecule has 2 atom stereocenters. The third-order valence-electron chi connectivity index (χ3n) is 3.46. The quantitative estimate of drug-likeness (QED) is 0.548. The number of nitrogens with one attached hydrogen (secondary N) is 1. The molecule has 0 bridgehead atoms. The second-order valence-corrected chi connectivity index (χ2v) is 6.86. The molecule has 5 heteroatoms. The monoisotopic (exact) mass is 289 g/mol. The lowest BCUT2D eigenvalue weighted by Crippen LogP contribution is -2.53. The van der Waals surface area contributed by atoms with Crippen molar-refractivity contribution in [3.63, 3.8) is 0 Å². The first kappa shape index (κ1) is 16.8. The molecule has 0 aromatic rings. The van der Waals surface area contributed by atoms with E-state index in [2.05, 4.69) is 19.2 Å². The lowest BCUT2D eigenvalue weighted by atomic mass is 9.97. The van der Waals surface area contributed by atoms with Gasteiger partial charge in [0.05, 0.1) is 7.11 Å². The van der Waals surface area contributed by atoms with Crippen LogP contribution in [0, 0.1) is 0 Å². The SMILES string of the molecule is COCCCSC1CCC(NC(C)C)(C(=O)OC)C1. The standard InChI is InChI=1S/C14H27NO3S/c1-11(2)15-14(13(16)18-4)7-6-12(10-14)19-9-5-8-17-3/h11-12,15H,5-10H2,1-4H3. The fourth-order valence-electron chi connectivity index (χ4n) is 2.72. The van der Waals surface area contributed by atoms with Gasteiger partial charge in [0.15, 0.2) is 0 Å². The zero-order chi connectivity index (χ0) is 14.3. The maximum absolute atomic E-state index is 12.1. The van der Waals surface area contributed by atoms with Crippen molar-refractivity contribution in [1.82, 2.24) is 5.32 Å². The first-order chi connectivity index (χ1) is 9.04. The van der Waals surface area contributed by atoms with Crippen LogP contribution in [0.3, 0.4) is 0 Å². The molecule has 0 amide bonds. The summed E-state index contributed by atoms with van der Waals surface area (Å²) in [6.45, 7) is 4.96. The van der Waals surface area contributed by atoms with E-state index in [4.69, 9.17) is 9.47 Å². The van der Waals surface area contributed by atoms with E-state index in [0.29, 0.717) is 5.25 Å². The van der Waals surface area contributed by atoms with Crippen molar-refractivity contribution in [1.29, 1.82) is 0 Å². The Morgan fingerprint density at radius 2 is 2.21 bits per heavy atom. The molecule has 1 rings (SSSR count). The molecule has 1 aliphatic carbocycles. The van der Waals surface area contributed by atoms with Crippen molar-refractivity contribution in [3.8, 4) is 0 Å². The molecular weight excluding hydrogens is 262 g/mol. The van der Waals surface area contributed by atoms with E-state index >= 15 is 0 Å². The van der Waals surface area contributed by atoms with Crippen molar-refractivity contribution < 1.29 is 14.3 Å². The summed E-state index contributed by atoms with van der Waals surface area (Å²) in [4.78, 5) is 12.1. The van der Waals surface area contributed by atoms with Gasteiger partial charge in [0.2, 0.25) is 0 Å². The van der Waals surface area contributed by atoms with Gasteiger partial charge in [-0.1, -0.05) is 0 Å². The molecule has 0 radical (unpaired) electrons. The van der Waals surface area contributed by atoms with Crippen LogP contribution < -0.4 is 5.32 Å². The van der Waals surface area contributed by atoms with Crippen LogP contribution in [0.25, 0.3) is 0 Å². The Labute approximate surface area is 121 Å². The van der Waals surface area contributed by atoms with E-state index in [0.717, 1.165) is 38.0 Å². The Morgan fingerprint density at radius 1 is 1.47 bits per heavy atom. The minimum absolute atomic E-state index is 0.110. The van der Waals surface area contributed by atoms with Gasteiger partial charge < -0.3 is 9.47 Å². The first-order valence-corrected chi connectivity index (χ1v) is 8.05. The Balaban J connectivity index is 2.49. The zero-order valence-electron chi connectivity index (χ0n) is 12.5. The van der Waals surface area contributed by atoms with Crippen molar-refractivity contribution in [2.24, 2.45) is 0 Å². The van der Waals surface area contributed by atoms with Gasteiger partial charge in [-0.2, -0.15) is 11.8 Å². The molecular formula is C14H27NO3S. The van der Waals surface area contributed by atoms with Crippen LogP contribution in [0.5, 0.6) is 0 Å². The van der Waals surface area contributed by atoms with Crippen LogP contribution in [-0.4, -0.2) is 49.4 Å². The van der Waals surface area contributed by atoms with Crippen LogP contribution in [-0.2, 0) is 14.3 Å². The Hall–Kier alpha value is -0.260. The summed E-state index contributed by atoms with van der Waals surface area (Å²) in [5, 5.41) is 3.97. The third kappa shape index (κ3) is 4.97. The molecule has 0 spiro atoms. The summed E-state index contributed by atoms with van der Waals surface area (Å²) < 4.78 is 10.1. The van der Waals surface area contributed by atoms with Crippen molar-refractivity contribution >= 4 is 17.7 Å². The number of hydrogen-bond donors (Lipinski definition) is 1. The molecule has 4 nitrogen and oxygen atoms in total. The molecule has 112 valence electrons. The van der Waals surface area contributed by atoms with Gasteiger partial charge >= 0.3 is 5.97 Å². The zero-order valence-corrected chi connectivity index (χ0v) is 13.3. The molecule has 0 heterocycles. The molecule has 1 saturated carbocycles. The number of thioether (sulfide) groups is 1. The molecule has 1 aliphatic rings. The Bertz CT molecular complexity index is 286. The van der Waals surface area contributed by atoms with E-state index < -0.39 is 5.54 Å². The molecule has 0 aliphatic heterocycles. The van der Waals surface area contributed by atoms with Crippen LogP contribution in [0.15, 0.2) is 0 Å². The maximum atomic E-state index is 12.1. The van der Waals surface area contributed by atoms with E-state index in [1.54, 1.807) is 7.11 Å². The number of esters is 1. The number of rotatable bonds is 8. The Kier molecular flexibility index (Phi) is 7.18. The van der Waals surface area contributed by atoms with E-state index in [1.165, 1.54) is 7.11 Å². The normalized spacial score (nSPS) is 26.9. The lowest BCUT2D eigenvalue weighted by Gasteiger charge is -2.30. The first-order valence-electron chi connectivity index (χ1n) is 7.00. The molecule has 0 aromatic heterocycles. The predicted molar refractivity (Wildman–Crippen MR) is 79.6 cm³/mol. The lowest BCUT2D eigenvalue weighted by molar-refractivity contribution is -0.148. The van der Waals surface area contributed by atoms with Crippen LogP contribution >= 0.6 is 11.8 Å². The molecule has 0 saturated heterocycles. The molecule has 1 fully saturated rings. The van der Waals surface area contributed by atoms with Gasteiger partial charge in [-0.05, 0) is 45.3 Å². The third-order valence-corrected chi connectivity index (χ3v) is 4.85. The average Bonchev–Trinajstić information content (AvgIpc) is 2.77. The smallest absolute Gasteiger partial charge is 0.326 e. The van der Waals surface area contributed by atoms with Crippen LogP contribution in [0.4, 0.5) is 0 Å². The topological polar surface area (TPSA) is 47.6 Å².